The van der Waals surface area contributed by atoms with Crippen LogP contribution in [-0.4, -0.2) is 23.8 Å². The van der Waals surface area contributed by atoms with Crippen molar-refractivity contribution in [2.45, 2.75) is 38.7 Å². The van der Waals surface area contributed by atoms with E-state index >= 15 is 0 Å². The second-order valence-electron chi connectivity index (χ2n) is 5.49. The van der Waals surface area contributed by atoms with Gasteiger partial charge in [-0.2, -0.15) is 0 Å². The molecule has 1 fully saturated rings. The molecule has 0 saturated heterocycles. The van der Waals surface area contributed by atoms with Gasteiger partial charge in [0.2, 0.25) is 0 Å². The van der Waals surface area contributed by atoms with E-state index in [0.717, 1.165) is 31.2 Å². The van der Waals surface area contributed by atoms with Crippen molar-refractivity contribution in [2.75, 3.05) is 11.9 Å². The number of hydrogen-bond donors (Lipinski definition) is 3. The molecular formula is C15H21ClN2O2. The summed E-state index contributed by atoms with van der Waals surface area (Å²) >= 11 is 6.01. The predicted octanol–water partition coefficient (Wildman–Crippen LogP) is 3.32. The van der Waals surface area contributed by atoms with E-state index in [1.165, 1.54) is 0 Å². The molecule has 1 aromatic carbocycles. The molecule has 0 spiro atoms. The van der Waals surface area contributed by atoms with E-state index in [1.54, 1.807) is 6.07 Å². The maximum Gasteiger partial charge on any atom is 0.319 e. The lowest BCUT2D eigenvalue weighted by Gasteiger charge is -2.25. The Bertz CT molecular complexity index is 479. The van der Waals surface area contributed by atoms with Crippen LogP contribution in [0.15, 0.2) is 18.2 Å². The van der Waals surface area contributed by atoms with Crippen LogP contribution in [0.3, 0.4) is 0 Å². The van der Waals surface area contributed by atoms with E-state index in [1.807, 2.05) is 19.1 Å². The van der Waals surface area contributed by atoms with Gasteiger partial charge in [0.1, 0.15) is 0 Å². The van der Waals surface area contributed by atoms with Crippen LogP contribution in [0.4, 0.5) is 10.5 Å². The van der Waals surface area contributed by atoms with E-state index in [9.17, 15) is 9.90 Å². The molecule has 2 amide bonds. The summed E-state index contributed by atoms with van der Waals surface area (Å²) in [5.41, 5.74) is 1.66. The normalized spacial score (nSPS) is 22.4. The average molecular weight is 297 g/mol. The summed E-state index contributed by atoms with van der Waals surface area (Å²) in [5.74, 6) is 0.367. The van der Waals surface area contributed by atoms with Crippen LogP contribution in [0.1, 0.15) is 31.2 Å². The van der Waals surface area contributed by atoms with Gasteiger partial charge >= 0.3 is 6.03 Å². The minimum atomic E-state index is -0.231. The number of hydrogen-bond acceptors (Lipinski definition) is 2. The maximum atomic E-state index is 11.8. The summed E-state index contributed by atoms with van der Waals surface area (Å²) < 4.78 is 0. The first-order chi connectivity index (χ1) is 9.54. The molecule has 0 aromatic heterocycles. The number of aliphatic hydroxyl groups excluding tert-OH is 1. The van der Waals surface area contributed by atoms with Gasteiger partial charge in [-0.05, 0) is 49.8 Å². The van der Waals surface area contributed by atoms with Crippen LogP contribution in [-0.2, 0) is 0 Å². The first-order valence-corrected chi connectivity index (χ1v) is 7.41. The number of nitrogens with one attached hydrogen (secondary N) is 2. The van der Waals surface area contributed by atoms with Crippen molar-refractivity contribution in [3.8, 4) is 0 Å². The molecule has 2 unspecified atom stereocenters. The van der Waals surface area contributed by atoms with E-state index in [0.29, 0.717) is 23.2 Å². The summed E-state index contributed by atoms with van der Waals surface area (Å²) in [6.07, 6.45) is 3.53. The predicted molar refractivity (Wildman–Crippen MR) is 81.2 cm³/mol. The van der Waals surface area contributed by atoms with E-state index in [-0.39, 0.29) is 12.1 Å². The molecule has 3 N–H and O–H groups in total. The van der Waals surface area contributed by atoms with Gasteiger partial charge in [-0.3, -0.25) is 0 Å². The topological polar surface area (TPSA) is 61.4 Å². The summed E-state index contributed by atoms with van der Waals surface area (Å²) in [5, 5.41) is 15.8. The van der Waals surface area contributed by atoms with Gasteiger partial charge in [-0.25, -0.2) is 4.79 Å². The third kappa shape index (κ3) is 4.39. The second-order valence-corrected chi connectivity index (χ2v) is 5.89. The van der Waals surface area contributed by atoms with Crippen molar-refractivity contribution >= 4 is 23.3 Å². The average Bonchev–Trinajstić information content (AvgIpc) is 2.41. The Morgan fingerprint density at radius 1 is 1.45 bits per heavy atom. The van der Waals surface area contributed by atoms with Gasteiger partial charge in [0, 0.05) is 17.3 Å². The number of halogens is 1. The number of rotatable bonds is 3. The van der Waals surface area contributed by atoms with Crippen LogP contribution in [0.25, 0.3) is 0 Å². The summed E-state index contributed by atoms with van der Waals surface area (Å²) in [6.45, 7) is 2.52. The molecule has 0 heterocycles. The molecule has 20 heavy (non-hydrogen) atoms. The van der Waals surface area contributed by atoms with Crippen molar-refractivity contribution in [2.24, 2.45) is 5.92 Å². The molecule has 2 atom stereocenters. The lowest BCUT2D eigenvalue weighted by atomic mass is 9.87. The monoisotopic (exact) mass is 296 g/mol. The summed E-state index contributed by atoms with van der Waals surface area (Å²) in [7, 11) is 0. The number of urea groups is 1. The molecule has 0 aliphatic heterocycles. The number of aliphatic hydroxyl groups is 1. The molecule has 1 aliphatic rings. The minimum absolute atomic E-state index is 0.213. The Balaban J connectivity index is 1.78. The first-order valence-electron chi connectivity index (χ1n) is 7.03. The van der Waals surface area contributed by atoms with Crippen molar-refractivity contribution in [3.63, 3.8) is 0 Å². The Hall–Kier alpha value is -1.26. The third-order valence-corrected chi connectivity index (χ3v) is 4.14. The fourth-order valence-corrected chi connectivity index (χ4v) is 2.71. The van der Waals surface area contributed by atoms with Gasteiger partial charge < -0.3 is 15.7 Å². The smallest absolute Gasteiger partial charge is 0.319 e. The molecule has 4 nitrogen and oxygen atoms in total. The highest BCUT2D eigenvalue weighted by atomic mass is 35.5. The lowest BCUT2D eigenvalue weighted by Crippen LogP contribution is -2.35. The van der Waals surface area contributed by atoms with Crippen molar-refractivity contribution < 1.29 is 9.90 Å². The number of benzene rings is 1. The lowest BCUT2D eigenvalue weighted by molar-refractivity contribution is 0.101. The van der Waals surface area contributed by atoms with Crippen molar-refractivity contribution in [1.82, 2.24) is 5.32 Å². The maximum absolute atomic E-state index is 11.8. The van der Waals surface area contributed by atoms with E-state index < -0.39 is 0 Å². The van der Waals surface area contributed by atoms with Crippen molar-refractivity contribution in [3.05, 3.63) is 28.8 Å². The minimum Gasteiger partial charge on any atom is -0.393 e. The standard InChI is InChI=1S/C15H21ClN2O2/c1-10-5-6-12(8-14(10)16)18-15(20)17-9-11-3-2-4-13(19)7-11/h5-6,8,11,13,19H,2-4,7,9H2,1H3,(H2,17,18,20). The van der Waals surface area contributed by atoms with Crippen LogP contribution in [0.5, 0.6) is 0 Å². The Labute approximate surface area is 124 Å². The van der Waals surface area contributed by atoms with E-state index in [4.69, 9.17) is 11.6 Å². The van der Waals surface area contributed by atoms with Crippen LogP contribution < -0.4 is 10.6 Å². The highest BCUT2D eigenvalue weighted by Gasteiger charge is 2.20. The Morgan fingerprint density at radius 2 is 2.25 bits per heavy atom. The number of amides is 2. The molecule has 110 valence electrons. The molecule has 1 saturated carbocycles. The zero-order valence-corrected chi connectivity index (χ0v) is 12.4. The van der Waals surface area contributed by atoms with Crippen molar-refractivity contribution in [1.29, 1.82) is 0 Å². The van der Waals surface area contributed by atoms with Gasteiger partial charge in [0.25, 0.3) is 0 Å². The molecule has 1 aliphatic carbocycles. The largest absolute Gasteiger partial charge is 0.393 e. The van der Waals surface area contributed by atoms with E-state index in [2.05, 4.69) is 10.6 Å². The van der Waals surface area contributed by atoms with Crippen LogP contribution >= 0.6 is 11.6 Å². The first kappa shape index (κ1) is 15.1. The molecule has 5 heteroatoms. The number of aryl methyl sites for hydroxylation is 1. The fourth-order valence-electron chi connectivity index (χ4n) is 2.53. The molecular weight excluding hydrogens is 276 g/mol. The van der Waals surface area contributed by atoms with Gasteiger partial charge in [-0.1, -0.05) is 24.1 Å². The number of carbonyl (C=O) groups is 1. The number of carbonyl (C=O) groups excluding carboxylic acids is 1. The molecule has 0 bridgehead atoms. The molecule has 0 radical (unpaired) electrons. The zero-order chi connectivity index (χ0) is 14.5. The van der Waals surface area contributed by atoms with Gasteiger partial charge in [0.15, 0.2) is 0 Å². The molecule has 1 aromatic rings. The Kier molecular flexibility index (Phi) is 5.26. The fraction of sp³-hybridized carbons (Fsp3) is 0.533. The van der Waals surface area contributed by atoms with Crippen LogP contribution in [0.2, 0.25) is 5.02 Å². The van der Waals surface area contributed by atoms with Gasteiger partial charge in [0.05, 0.1) is 6.10 Å². The summed E-state index contributed by atoms with van der Waals surface area (Å²) in [6, 6.07) is 5.20. The van der Waals surface area contributed by atoms with Gasteiger partial charge in [-0.15, -0.1) is 0 Å². The quantitative estimate of drug-likeness (QED) is 0.801. The highest BCUT2D eigenvalue weighted by Crippen LogP contribution is 2.23. The third-order valence-electron chi connectivity index (χ3n) is 3.74. The number of anilines is 1. The zero-order valence-electron chi connectivity index (χ0n) is 11.7. The second kappa shape index (κ2) is 6.95. The molecule has 2 rings (SSSR count). The summed E-state index contributed by atoms with van der Waals surface area (Å²) in [4.78, 5) is 11.8. The van der Waals surface area contributed by atoms with Crippen LogP contribution in [0, 0.1) is 12.8 Å². The SMILES string of the molecule is Cc1ccc(NC(=O)NCC2CCCC(O)C2)cc1Cl. The highest BCUT2D eigenvalue weighted by molar-refractivity contribution is 6.31. The Morgan fingerprint density at radius 3 is 2.95 bits per heavy atom.